The Morgan fingerprint density at radius 3 is 2.86 bits per heavy atom. The number of aromatic nitrogens is 1. The Morgan fingerprint density at radius 1 is 1.64 bits per heavy atom. The Kier molecular flexibility index (Phi) is 4.22. The Morgan fingerprint density at radius 2 is 2.43 bits per heavy atom. The number of hydrogen-bond acceptors (Lipinski definition) is 4. The molecule has 76 valence electrons. The molecule has 0 bridgehead atoms. The van der Waals surface area contributed by atoms with Gasteiger partial charge >= 0.3 is 0 Å². The zero-order chi connectivity index (χ0) is 10.4. The van der Waals surface area contributed by atoms with E-state index in [-0.39, 0.29) is 6.04 Å². The summed E-state index contributed by atoms with van der Waals surface area (Å²) in [6.45, 7) is 0.496. The average Bonchev–Trinajstić information content (AvgIpc) is 2.26. The van der Waals surface area contributed by atoms with E-state index >= 15 is 0 Å². The monoisotopic (exact) mass is 193 g/mol. The van der Waals surface area contributed by atoms with Gasteiger partial charge in [0.25, 0.3) is 0 Å². The molecule has 1 unspecified atom stereocenters. The number of carbonyl (C=O) groups excluding carboxylic acids is 1. The number of aldehydes is 1. The van der Waals surface area contributed by atoms with Crippen molar-refractivity contribution in [3.05, 3.63) is 29.6 Å². The summed E-state index contributed by atoms with van der Waals surface area (Å²) < 4.78 is 0. The van der Waals surface area contributed by atoms with Crippen molar-refractivity contribution in [1.29, 1.82) is 0 Å². The molecule has 0 saturated heterocycles. The predicted octanol–water partition coefficient (Wildman–Crippen LogP) is -0.130. The van der Waals surface area contributed by atoms with Gasteiger partial charge in [0.05, 0.1) is 6.04 Å². The molecule has 4 nitrogen and oxygen atoms in total. The number of likely N-dealkylation sites (N-methyl/N-ethyl adjacent to an activating group) is 1. The van der Waals surface area contributed by atoms with E-state index < -0.39 is 0 Å². The number of nitrogens with zero attached hydrogens (tertiary/aromatic N) is 1. The molecule has 0 aromatic carbocycles. The highest BCUT2D eigenvalue weighted by Crippen LogP contribution is 2.01. The molecule has 0 aliphatic heterocycles. The van der Waals surface area contributed by atoms with E-state index in [0.717, 1.165) is 17.5 Å². The van der Waals surface area contributed by atoms with E-state index in [1.807, 2.05) is 12.1 Å². The zero-order valence-electron chi connectivity index (χ0n) is 8.23. The van der Waals surface area contributed by atoms with Crippen molar-refractivity contribution in [3.63, 3.8) is 0 Å². The lowest BCUT2D eigenvalue weighted by atomic mass is 10.1. The molecule has 1 aromatic rings. The summed E-state index contributed by atoms with van der Waals surface area (Å²) >= 11 is 0. The van der Waals surface area contributed by atoms with Gasteiger partial charge in [0.2, 0.25) is 0 Å². The minimum Gasteiger partial charge on any atom is -0.326 e. The van der Waals surface area contributed by atoms with Gasteiger partial charge in [-0.2, -0.15) is 0 Å². The lowest BCUT2D eigenvalue weighted by molar-refractivity contribution is -0.109. The summed E-state index contributed by atoms with van der Waals surface area (Å²) in [5, 5.41) is 2.90. The van der Waals surface area contributed by atoms with Crippen molar-refractivity contribution in [2.24, 2.45) is 5.73 Å². The second-order valence-electron chi connectivity index (χ2n) is 3.10. The van der Waals surface area contributed by atoms with Crippen LogP contribution in [0.15, 0.2) is 18.3 Å². The van der Waals surface area contributed by atoms with Crippen LogP contribution in [0.2, 0.25) is 0 Å². The lowest BCUT2D eigenvalue weighted by Crippen LogP contribution is -2.29. The van der Waals surface area contributed by atoms with Crippen molar-refractivity contribution >= 4 is 6.29 Å². The number of nitrogens with one attached hydrogen (secondary N) is 1. The fourth-order valence-electron chi connectivity index (χ4n) is 1.14. The number of pyridine rings is 1. The summed E-state index contributed by atoms with van der Waals surface area (Å²) in [7, 11) is 1.76. The molecule has 0 spiro atoms. The van der Waals surface area contributed by atoms with Crippen molar-refractivity contribution in [2.75, 3.05) is 7.05 Å². The topological polar surface area (TPSA) is 68.0 Å². The fourth-order valence-corrected chi connectivity index (χ4v) is 1.14. The predicted molar refractivity (Wildman–Crippen MR) is 54.7 cm³/mol. The molecule has 0 aliphatic rings. The third-order valence-electron chi connectivity index (χ3n) is 2.09. The molecule has 0 aliphatic carbocycles. The van der Waals surface area contributed by atoms with Crippen LogP contribution in [0.3, 0.4) is 0 Å². The van der Waals surface area contributed by atoms with E-state index in [4.69, 9.17) is 5.73 Å². The molecule has 14 heavy (non-hydrogen) atoms. The molecule has 0 fully saturated rings. The minimum atomic E-state index is -0.161. The Bertz CT molecular complexity index is 284. The normalized spacial score (nSPS) is 12.4. The molecule has 1 rings (SSSR count). The Labute approximate surface area is 83.5 Å². The molecule has 0 radical (unpaired) electrons. The van der Waals surface area contributed by atoms with Crippen LogP contribution < -0.4 is 11.1 Å². The first-order valence-electron chi connectivity index (χ1n) is 4.56. The van der Waals surface area contributed by atoms with Crippen LogP contribution in [0, 0.1) is 0 Å². The lowest BCUT2D eigenvalue weighted by Gasteiger charge is -2.07. The summed E-state index contributed by atoms with van der Waals surface area (Å²) in [5.74, 6) is 0. The van der Waals surface area contributed by atoms with E-state index in [2.05, 4.69) is 10.3 Å². The van der Waals surface area contributed by atoms with E-state index in [1.54, 1.807) is 13.2 Å². The number of carbonyl (C=O) groups is 1. The van der Waals surface area contributed by atoms with Crippen LogP contribution in [-0.2, 0) is 17.8 Å². The largest absolute Gasteiger partial charge is 0.326 e. The quantitative estimate of drug-likeness (QED) is 0.639. The van der Waals surface area contributed by atoms with Crippen LogP contribution in [-0.4, -0.2) is 24.4 Å². The maximum absolute atomic E-state index is 10.6. The summed E-state index contributed by atoms with van der Waals surface area (Å²) in [6, 6.07) is 3.67. The van der Waals surface area contributed by atoms with Gasteiger partial charge < -0.3 is 15.8 Å². The van der Waals surface area contributed by atoms with Gasteiger partial charge in [-0.05, 0) is 18.7 Å². The van der Waals surface area contributed by atoms with Gasteiger partial charge in [-0.25, -0.2) is 0 Å². The third kappa shape index (κ3) is 2.90. The third-order valence-corrected chi connectivity index (χ3v) is 2.09. The number of nitrogens with two attached hydrogens (primary N) is 1. The standard InChI is InChI=1S/C10H15N3O/c1-12-10(7-14)4-9-3-2-8(5-11)6-13-9/h2-3,6-7,10,12H,4-5,11H2,1H3. The van der Waals surface area contributed by atoms with E-state index in [1.165, 1.54) is 0 Å². The van der Waals surface area contributed by atoms with Crippen molar-refractivity contribution < 1.29 is 4.79 Å². The van der Waals surface area contributed by atoms with Crippen molar-refractivity contribution in [2.45, 2.75) is 19.0 Å². The smallest absolute Gasteiger partial charge is 0.137 e. The van der Waals surface area contributed by atoms with Gasteiger partial charge in [0.15, 0.2) is 0 Å². The molecule has 3 N–H and O–H groups in total. The first kappa shape index (κ1) is 10.8. The molecule has 0 amide bonds. The van der Waals surface area contributed by atoms with E-state index in [9.17, 15) is 4.79 Å². The van der Waals surface area contributed by atoms with Gasteiger partial charge in [-0.1, -0.05) is 6.07 Å². The van der Waals surface area contributed by atoms with Crippen LogP contribution in [0.4, 0.5) is 0 Å². The van der Waals surface area contributed by atoms with Crippen molar-refractivity contribution in [3.8, 4) is 0 Å². The molecule has 1 heterocycles. The summed E-state index contributed by atoms with van der Waals surface area (Å²) in [6.07, 6.45) is 3.25. The summed E-state index contributed by atoms with van der Waals surface area (Å²) in [5.41, 5.74) is 7.34. The second kappa shape index (κ2) is 5.47. The van der Waals surface area contributed by atoms with Crippen LogP contribution in [0.1, 0.15) is 11.3 Å². The molecule has 4 heteroatoms. The number of hydrogen-bond donors (Lipinski definition) is 2. The highest BCUT2D eigenvalue weighted by Gasteiger charge is 2.05. The first-order valence-corrected chi connectivity index (χ1v) is 4.56. The molecular formula is C10H15N3O. The Balaban J connectivity index is 2.63. The van der Waals surface area contributed by atoms with E-state index in [0.29, 0.717) is 13.0 Å². The maximum Gasteiger partial charge on any atom is 0.137 e. The van der Waals surface area contributed by atoms with Crippen LogP contribution in [0.25, 0.3) is 0 Å². The highest BCUT2D eigenvalue weighted by molar-refractivity contribution is 5.58. The van der Waals surface area contributed by atoms with Gasteiger partial charge in [-0.15, -0.1) is 0 Å². The van der Waals surface area contributed by atoms with Gasteiger partial charge in [0, 0.05) is 24.9 Å². The minimum absolute atomic E-state index is 0.161. The molecule has 0 saturated carbocycles. The van der Waals surface area contributed by atoms with Gasteiger partial charge in [-0.3, -0.25) is 4.98 Å². The van der Waals surface area contributed by atoms with Crippen LogP contribution in [0.5, 0.6) is 0 Å². The SMILES string of the molecule is CNC(C=O)Cc1ccc(CN)cn1. The average molecular weight is 193 g/mol. The zero-order valence-corrected chi connectivity index (χ0v) is 8.23. The van der Waals surface area contributed by atoms with Crippen molar-refractivity contribution in [1.82, 2.24) is 10.3 Å². The fraction of sp³-hybridized carbons (Fsp3) is 0.400. The molecule has 1 aromatic heterocycles. The highest BCUT2D eigenvalue weighted by atomic mass is 16.1. The van der Waals surface area contributed by atoms with Crippen LogP contribution >= 0.6 is 0 Å². The first-order chi connectivity index (χ1) is 6.80. The maximum atomic E-state index is 10.6. The summed E-state index contributed by atoms with van der Waals surface area (Å²) in [4.78, 5) is 14.8. The van der Waals surface area contributed by atoms with Gasteiger partial charge in [0.1, 0.15) is 6.29 Å². The number of rotatable bonds is 5. The second-order valence-corrected chi connectivity index (χ2v) is 3.10. The molecule has 1 atom stereocenters. The molecular weight excluding hydrogens is 178 g/mol. The Hall–Kier alpha value is -1.26.